The molecule has 0 aliphatic carbocycles. The third-order valence-electron chi connectivity index (χ3n) is 2.74. The van der Waals surface area contributed by atoms with E-state index >= 15 is 0 Å². The first-order chi connectivity index (χ1) is 10.5. The topological polar surface area (TPSA) is 102 Å². The fourth-order valence-corrected chi connectivity index (χ4v) is 1.77. The molecule has 0 atom stereocenters. The van der Waals surface area contributed by atoms with Crippen LogP contribution in [-0.4, -0.2) is 16.1 Å². The van der Waals surface area contributed by atoms with E-state index in [0.29, 0.717) is 0 Å². The summed E-state index contributed by atoms with van der Waals surface area (Å²) < 4.78 is 18.8. The van der Waals surface area contributed by atoms with E-state index in [4.69, 9.17) is 9.84 Å². The zero-order valence-electron chi connectivity index (χ0n) is 11.2. The zero-order valence-corrected chi connectivity index (χ0v) is 11.2. The van der Waals surface area contributed by atoms with Gasteiger partial charge >= 0.3 is 6.09 Å². The molecule has 0 spiro atoms. The molecule has 0 saturated carbocycles. The highest BCUT2D eigenvalue weighted by Gasteiger charge is 2.16. The lowest BCUT2D eigenvalue weighted by Crippen LogP contribution is -2.20. The van der Waals surface area contributed by atoms with Crippen molar-refractivity contribution in [3.63, 3.8) is 0 Å². The van der Waals surface area contributed by atoms with Crippen LogP contribution in [0.1, 0.15) is 5.56 Å². The predicted molar refractivity (Wildman–Crippen MR) is 74.4 cm³/mol. The maximum Gasteiger partial charge on any atom is 0.404 e. The number of para-hydroxylation sites is 1. The van der Waals surface area contributed by atoms with E-state index in [1.807, 2.05) is 5.32 Å². The Hall–Kier alpha value is -3.16. The normalized spacial score (nSPS) is 10.0. The van der Waals surface area contributed by atoms with Crippen LogP contribution in [0.3, 0.4) is 0 Å². The monoisotopic (exact) mass is 306 g/mol. The second-order valence-electron chi connectivity index (χ2n) is 4.24. The number of carboxylic acid groups (broad SMARTS) is 1. The Balaban J connectivity index is 2.29. The number of hydrogen-bond acceptors (Lipinski definition) is 4. The van der Waals surface area contributed by atoms with Crippen molar-refractivity contribution in [1.29, 1.82) is 0 Å². The van der Waals surface area contributed by atoms with Crippen LogP contribution in [-0.2, 0) is 6.54 Å². The molecule has 0 aliphatic rings. The molecule has 1 amide bonds. The standard InChI is InChI=1S/C14H11FN2O5/c15-11-3-1-2-4-13(11)22-10-5-6-12(17(20)21)9(7-10)8-16-14(18)19/h1-7,16H,8H2,(H,18,19). The molecule has 2 aromatic rings. The third kappa shape index (κ3) is 3.69. The smallest absolute Gasteiger partial charge is 0.404 e. The summed E-state index contributed by atoms with van der Waals surface area (Å²) in [6.07, 6.45) is -1.31. The number of benzene rings is 2. The molecule has 22 heavy (non-hydrogen) atoms. The molecule has 0 bridgehead atoms. The first-order valence-electron chi connectivity index (χ1n) is 6.14. The van der Waals surface area contributed by atoms with E-state index in [1.165, 1.54) is 36.4 Å². The number of halogens is 1. The van der Waals surface area contributed by atoms with Crippen LogP contribution in [0, 0.1) is 15.9 Å². The molecule has 2 rings (SSSR count). The quantitative estimate of drug-likeness (QED) is 0.652. The Labute approximate surface area is 124 Å². The van der Waals surface area contributed by atoms with Crippen LogP contribution < -0.4 is 10.1 Å². The summed E-state index contributed by atoms with van der Waals surface area (Å²) >= 11 is 0. The van der Waals surface area contributed by atoms with Gasteiger partial charge in [-0.3, -0.25) is 10.1 Å². The molecule has 0 saturated heterocycles. The molecule has 0 fully saturated rings. The number of amides is 1. The highest BCUT2D eigenvalue weighted by Crippen LogP contribution is 2.29. The molecule has 114 valence electrons. The van der Waals surface area contributed by atoms with Gasteiger partial charge in [0.15, 0.2) is 11.6 Å². The first-order valence-corrected chi connectivity index (χ1v) is 6.14. The minimum absolute atomic E-state index is 0.0338. The molecular formula is C14H11FN2O5. The fraction of sp³-hybridized carbons (Fsp3) is 0.0714. The van der Waals surface area contributed by atoms with Crippen molar-refractivity contribution >= 4 is 11.8 Å². The summed E-state index contributed by atoms with van der Waals surface area (Å²) in [4.78, 5) is 20.8. The van der Waals surface area contributed by atoms with Gasteiger partial charge in [-0.2, -0.15) is 0 Å². The van der Waals surface area contributed by atoms with E-state index in [1.54, 1.807) is 6.07 Å². The van der Waals surface area contributed by atoms with Crippen molar-refractivity contribution < 1.29 is 24.0 Å². The summed E-state index contributed by atoms with van der Waals surface area (Å²) in [5, 5.41) is 21.5. The summed E-state index contributed by atoms with van der Waals surface area (Å²) in [5.74, 6) is -0.447. The number of nitrogens with zero attached hydrogens (tertiary/aromatic N) is 1. The highest BCUT2D eigenvalue weighted by atomic mass is 19.1. The molecular weight excluding hydrogens is 295 g/mol. The van der Waals surface area contributed by atoms with Crippen LogP contribution in [0.25, 0.3) is 0 Å². The van der Waals surface area contributed by atoms with E-state index in [2.05, 4.69) is 0 Å². The van der Waals surface area contributed by atoms with Crippen LogP contribution in [0.15, 0.2) is 42.5 Å². The number of nitro groups is 1. The van der Waals surface area contributed by atoms with E-state index < -0.39 is 16.8 Å². The zero-order chi connectivity index (χ0) is 16.1. The highest BCUT2D eigenvalue weighted by molar-refractivity contribution is 5.64. The Bertz CT molecular complexity index is 720. The first kappa shape index (κ1) is 15.2. The van der Waals surface area contributed by atoms with Crippen LogP contribution in [0.4, 0.5) is 14.9 Å². The van der Waals surface area contributed by atoms with Crippen LogP contribution >= 0.6 is 0 Å². The second-order valence-corrected chi connectivity index (χ2v) is 4.24. The maximum atomic E-state index is 13.5. The van der Waals surface area contributed by atoms with Crippen LogP contribution in [0.2, 0.25) is 0 Å². The molecule has 8 heteroatoms. The lowest BCUT2D eigenvalue weighted by molar-refractivity contribution is -0.385. The number of rotatable bonds is 5. The third-order valence-corrected chi connectivity index (χ3v) is 2.74. The van der Waals surface area contributed by atoms with Gasteiger partial charge in [0, 0.05) is 6.07 Å². The minimum atomic E-state index is -1.31. The molecule has 0 heterocycles. The summed E-state index contributed by atoms with van der Waals surface area (Å²) in [6.45, 7) is -0.264. The number of nitrogens with one attached hydrogen (secondary N) is 1. The van der Waals surface area contributed by atoms with Gasteiger partial charge in [-0.1, -0.05) is 12.1 Å². The van der Waals surface area contributed by atoms with Crippen molar-refractivity contribution in [3.8, 4) is 11.5 Å². The van der Waals surface area contributed by atoms with E-state index in [-0.39, 0.29) is 29.3 Å². The SMILES string of the molecule is O=C(O)NCc1cc(Oc2ccccc2F)ccc1[N+](=O)[O-]. The number of nitro benzene ring substituents is 1. The van der Waals surface area contributed by atoms with E-state index in [0.717, 1.165) is 0 Å². The average Bonchev–Trinajstić information content (AvgIpc) is 2.47. The second kappa shape index (κ2) is 6.53. The van der Waals surface area contributed by atoms with Gasteiger partial charge in [-0.25, -0.2) is 9.18 Å². The number of carbonyl (C=O) groups is 1. The van der Waals surface area contributed by atoms with Gasteiger partial charge in [0.25, 0.3) is 5.69 Å². The van der Waals surface area contributed by atoms with Crippen molar-refractivity contribution in [2.45, 2.75) is 6.54 Å². The molecule has 0 aromatic heterocycles. The predicted octanol–water partition coefficient (Wildman–Crippen LogP) is 3.29. The van der Waals surface area contributed by atoms with Gasteiger partial charge in [0.2, 0.25) is 0 Å². The molecule has 2 aromatic carbocycles. The number of ether oxygens (including phenoxy) is 1. The Kier molecular flexibility index (Phi) is 4.52. The Morgan fingerprint density at radius 3 is 2.68 bits per heavy atom. The lowest BCUT2D eigenvalue weighted by Gasteiger charge is -2.09. The molecule has 2 N–H and O–H groups in total. The van der Waals surface area contributed by atoms with Crippen LogP contribution in [0.5, 0.6) is 11.5 Å². The minimum Gasteiger partial charge on any atom is -0.465 e. The maximum absolute atomic E-state index is 13.5. The van der Waals surface area contributed by atoms with Gasteiger partial charge < -0.3 is 15.2 Å². The van der Waals surface area contributed by atoms with E-state index in [9.17, 15) is 19.3 Å². The van der Waals surface area contributed by atoms with Crippen molar-refractivity contribution in [2.24, 2.45) is 0 Å². The van der Waals surface area contributed by atoms with Crippen molar-refractivity contribution in [3.05, 3.63) is 64.0 Å². The lowest BCUT2D eigenvalue weighted by atomic mass is 10.1. The molecule has 0 unspecified atom stereocenters. The fourth-order valence-electron chi connectivity index (χ4n) is 1.77. The molecule has 0 radical (unpaired) electrons. The summed E-state index contributed by atoms with van der Waals surface area (Å²) in [5.41, 5.74) is -0.143. The van der Waals surface area contributed by atoms with Crippen molar-refractivity contribution in [2.75, 3.05) is 0 Å². The summed E-state index contributed by atoms with van der Waals surface area (Å²) in [7, 11) is 0. The van der Waals surface area contributed by atoms with Gasteiger partial charge in [-0.15, -0.1) is 0 Å². The molecule has 7 nitrogen and oxygen atoms in total. The number of hydrogen-bond donors (Lipinski definition) is 2. The van der Waals surface area contributed by atoms with Gasteiger partial charge in [0.1, 0.15) is 5.75 Å². The Morgan fingerprint density at radius 2 is 2.05 bits per heavy atom. The summed E-state index contributed by atoms with van der Waals surface area (Å²) in [6, 6.07) is 9.49. The van der Waals surface area contributed by atoms with Gasteiger partial charge in [-0.05, 0) is 24.3 Å². The van der Waals surface area contributed by atoms with Crippen molar-refractivity contribution in [1.82, 2.24) is 5.32 Å². The average molecular weight is 306 g/mol. The largest absolute Gasteiger partial charge is 0.465 e. The Morgan fingerprint density at radius 1 is 1.32 bits per heavy atom. The molecule has 0 aliphatic heterocycles. The van der Waals surface area contributed by atoms with Gasteiger partial charge in [0.05, 0.1) is 17.0 Å².